The summed E-state index contributed by atoms with van der Waals surface area (Å²) in [5.74, 6) is 0.785. The van der Waals surface area contributed by atoms with Crippen LogP contribution in [0.4, 0.5) is 0 Å². The van der Waals surface area contributed by atoms with Crippen LogP contribution in [0.25, 0.3) is 5.03 Å². The number of hydrogen-bond donors (Lipinski definition) is 0. The van der Waals surface area contributed by atoms with Crippen LogP contribution in [0, 0.1) is 0 Å². The van der Waals surface area contributed by atoms with Crippen molar-refractivity contribution in [2.24, 2.45) is 0 Å². The number of likely N-dealkylation sites (tertiary alicyclic amines) is 2. The predicted molar refractivity (Wildman–Crippen MR) is 120 cm³/mol. The second kappa shape index (κ2) is 11.2. The van der Waals surface area contributed by atoms with Crippen molar-refractivity contribution in [3.05, 3.63) is 47.6 Å². The average molecular weight is 431 g/mol. The Balaban J connectivity index is 1.81. The summed E-state index contributed by atoms with van der Waals surface area (Å²) in [6.07, 6.45) is 10.00. The normalized spacial score (nSPS) is 18.3. The number of ether oxygens (including phenoxy) is 1. The van der Waals surface area contributed by atoms with Gasteiger partial charge in [-0.2, -0.15) is 0 Å². The molecule has 2 aliphatic heterocycles. The zero-order valence-electron chi connectivity index (χ0n) is 17.7. The molecule has 162 valence electrons. The van der Waals surface area contributed by atoms with Gasteiger partial charge in [0.2, 0.25) is 11.8 Å². The second-order valence-corrected chi connectivity index (χ2v) is 8.28. The molecular weight excluding hydrogens is 400 g/mol. The van der Waals surface area contributed by atoms with Crippen LogP contribution in [-0.2, 0) is 9.59 Å². The van der Waals surface area contributed by atoms with Gasteiger partial charge in [-0.15, -0.1) is 0 Å². The molecule has 1 aromatic rings. The molecule has 0 bridgehead atoms. The molecule has 0 unspecified atom stereocenters. The molecule has 0 aromatic heterocycles. The van der Waals surface area contributed by atoms with Gasteiger partial charge in [-0.1, -0.05) is 17.7 Å². The standard InChI is InChI=1S/C24H31ClN2O3/c1-30-21-11-8-19(9-12-21)24(25)20(18-23(29)27-16-6-3-7-17-27)10-13-22(28)26-14-4-2-5-15-26/h8-13H,2-7,14-18H2,1H3/b13-10+,24-20-. The minimum absolute atomic E-state index is 0.0168. The number of amides is 2. The number of halogens is 1. The number of carbonyl (C=O) groups excluding carboxylic acids is 2. The number of methoxy groups -OCH3 is 1. The van der Waals surface area contributed by atoms with E-state index in [4.69, 9.17) is 16.3 Å². The molecule has 0 radical (unpaired) electrons. The predicted octanol–water partition coefficient (Wildman–Crippen LogP) is 4.62. The summed E-state index contributed by atoms with van der Waals surface area (Å²) >= 11 is 6.71. The summed E-state index contributed by atoms with van der Waals surface area (Å²) in [6, 6.07) is 7.41. The zero-order chi connectivity index (χ0) is 21.3. The van der Waals surface area contributed by atoms with Crippen LogP contribution in [0.1, 0.15) is 50.5 Å². The van der Waals surface area contributed by atoms with Crippen LogP contribution in [0.2, 0.25) is 0 Å². The van der Waals surface area contributed by atoms with Crippen molar-refractivity contribution in [1.82, 2.24) is 9.80 Å². The number of benzene rings is 1. The van der Waals surface area contributed by atoms with Crippen LogP contribution < -0.4 is 4.74 Å². The maximum atomic E-state index is 12.9. The quantitative estimate of drug-likeness (QED) is 0.489. The van der Waals surface area contributed by atoms with Gasteiger partial charge in [0, 0.05) is 32.3 Å². The van der Waals surface area contributed by atoms with Crippen molar-refractivity contribution in [3.63, 3.8) is 0 Å². The molecule has 30 heavy (non-hydrogen) atoms. The van der Waals surface area contributed by atoms with E-state index in [1.807, 2.05) is 34.1 Å². The summed E-state index contributed by atoms with van der Waals surface area (Å²) in [5.41, 5.74) is 1.47. The van der Waals surface area contributed by atoms with E-state index in [1.54, 1.807) is 19.3 Å². The third-order valence-corrected chi connectivity index (χ3v) is 6.23. The van der Waals surface area contributed by atoms with E-state index < -0.39 is 0 Å². The Kier molecular flexibility index (Phi) is 8.38. The van der Waals surface area contributed by atoms with Gasteiger partial charge in [0.15, 0.2) is 0 Å². The molecular formula is C24H31ClN2O3. The monoisotopic (exact) mass is 430 g/mol. The smallest absolute Gasteiger partial charge is 0.246 e. The van der Waals surface area contributed by atoms with Crippen LogP contribution in [0.15, 0.2) is 42.0 Å². The van der Waals surface area contributed by atoms with E-state index in [0.717, 1.165) is 63.2 Å². The van der Waals surface area contributed by atoms with Gasteiger partial charge in [-0.05, 0) is 73.9 Å². The van der Waals surface area contributed by atoms with Crippen molar-refractivity contribution >= 4 is 28.4 Å². The van der Waals surface area contributed by atoms with Crippen LogP contribution in [-0.4, -0.2) is 54.9 Å². The molecule has 0 atom stereocenters. The van der Waals surface area contributed by atoms with E-state index in [0.29, 0.717) is 10.6 Å². The first-order valence-electron chi connectivity index (χ1n) is 10.9. The Morgan fingerprint density at radius 2 is 1.47 bits per heavy atom. The van der Waals surface area contributed by atoms with Gasteiger partial charge in [0.05, 0.1) is 18.6 Å². The van der Waals surface area contributed by atoms with E-state index in [1.165, 1.54) is 12.8 Å². The van der Waals surface area contributed by atoms with Gasteiger partial charge >= 0.3 is 0 Å². The van der Waals surface area contributed by atoms with Crippen molar-refractivity contribution < 1.29 is 14.3 Å². The molecule has 3 rings (SSSR count). The number of nitrogens with zero attached hydrogens (tertiary/aromatic N) is 2. The summed E-state index contributed by atoms with van der Waals surface area (Å²) in [4.78, 5) is 29.2. The highest BCUT2D eigenvalue weighted by Gasteiger charge is 2.20. The molecule has 0 spiro atoms. The fourth-order valence-corrected chi connectivity index (χ4v) is 4.20. The Hall–Kier alpha value is -2.27. The number of allylic oxidation sites excluding steroid dienone is 1. The Bertz CT molecular complexity index is 789. The largest absolute Gasteiger partial charge is 0.497 e. The summed E-state index contributed by atoms with van der Waals surface area (Å²) in [7, 11) is 1.62. The highest BCUT2D eigenvalue weighted by molar-refractivity contribution is 6.49. The van der Waals surface area contributed by atoms with Crippen LogP contribution >= 0.6 is 11.6 Å². The van der Waals surface area contributed by atoms with E-state index in [-0.39, 0.29) is 18.2 Å². The van der Waals surface area contributed by atoms with Crippen LogP contribution in [0.3, 0.4) is 0 Å². The zero-order valence-corrected chi connectivity index (χ0v) is 18.5. The molecule has 2 fully saturated rings. The number of carbonyl (C=O) groups is 2. The molecule has 0 N–H and O–H groups in total. The van der Waals surface area contributed by atoms with E-state index in [2.05, 4.69) is 0 Å². The third-order valence-electron chi connectivity index (χ3n) is 5.77. The molecule has 1 aromatic carbocycles. The molecule has 0 saturated carbocycles. The lowest BCUT2D eigenvalue weighted by Gasteiger charge is -2.27. The van der Waals surface area contributed by atoms with Gasteiger partial charge in [-0.3, -0.25) is 9.59 Å². The summed E-state index contributed by atoms with van der Waals surface area (Å²) < 4.78 is 5.22. The first-order chi connectivity index (χ1) is 14.6. The van der Waals surface area contributed by atoms with Gasteiger partial charge < -0.3 is 14.5 Å². The lowest BCUT2D eigenvalue weighted by atomic mass is 10.0. The highest BCUT2D eigenvalue weighted by Crippen LogP contribution is 2.28. The molecule has 2 heterocycles. The number of piperidine rings is 2. The third kappa shape index (κ3) is 6.11. The first-order valence-corrected chi connectivity index (χ1v) is 11.2. The van der Waals surface area contributed by atoms with Crippen molar-refractivity contribution in [3.8, 4) is 5.75 Å². The first kappa shape index (κ1) is 22.4. The van der Waals surface area contributed by atoms with Gasteiger partial charge in [-0.25, -0.2) is 0 Å². The highest BCUT2D eigenvalue weighted by atomic mass is 35.5. The molecule has 2 aliphatic rings. The maximum Gasteiger partial charge on any atom is 0.246 e. The number of hydrogen-bond acceptors (Lipinski definition) is 3. The van der Waals surface area contributed by atoms with E-state index in [9.17, 15) is 9.59 Å². The minimum atomic E-state index is -0.0168. The Morgan fingerprint density at radius 3 is 2.03 bits per heavy atom. The Labute approximate surface area is 184 Å². The topological polar surface area (TPSA) is 49.9 Å². The SMILES string of the molecule is COc1ccc(/C(Cl)=C(\C=C\C(=O)N2CCCCC2)CC(=O)N2CCCCC2)cc1. The van der Waals surface area contributed by atoms with Crippen molar-refractivity contribution in [2.75, 3.05) is 33.3 Å². The fraction of sp³-hybridized carbons (Fsp3) is 0.500. The number of rotatable bonds is 6. The minimum Gasteiger partial charge on any atom is -0.497 e. The molecule has 2 saturated heterocycles. The van der Waals surface area contributed by atoms with Crippen molar-refractivity contribution in [1.29, 1.82) is 0 Å². The second-order valence-electron chi connectivity index (χ2n) is 7.91. The molecule has 6 heteroatoms. The molecule has 5 nitrogen and oxygen atoms in total. The lowest BCUT2D eigenvalue weighted by Crippen LogP contribution is -2.35. The lowest BCUT2D eigenvalue weighted by molar-refractivity contribution is -0.131. The average Bonchev–Trinajstić information content (AvgIpc) is 2.82. The van der Waals surface area contributed by atoms with Crippen molar-refractivity contribution in [2.45, 2.75) is 44.9 Å². The Morgan fingerprint density at radius 1 is 0.900 bits per heavy atom. The molecule has 0 aliphatic carbocycles. The summed E-state index contributed by atoms with van der Waals surface area (Å²) in [6.45, 7) is 3.17. The van der Waals surface area contributed by atoms with Gasteiger partial charge in [0.1, 0.15) is 5.75 Å². The summed E-state index contributed by atoms with van der Waals surface area (Å²) in [5, 5.41) is 0.491. The van der Waals surface area contributed by atoms with Gasteiger partial charge in [0.25, 0.3) is 0 Å². The van der Waals surface area contributed by atoms with E-state index >= 15 is 0 Å². The fourth-order valence-electron chi connectivity index (χ4n) is 3.94. The molecule has 2 amide bonds. The van der Waals surface area contributed by atoms with Crippen LogP contribution in [0.5, 0.6) is 5.75 Å². The maximum absolute atomic E-state index is 12.9.